The predicted octanol–water partition coefficient (Wildman–Crippen LogP) is 6.64. The first-order chi connectivity index (χ1) is 20.0. The number of nitrogens with zero attached hydrogens (tertiary/aromatic N) is 1. The molecule has 0 bridgehead atoms. The number of benzene rings is 2. The third kappa shape index (κ3) is 7.12. The molecule has 232 valence electrons. The summed E-state index contributed by atoms with van der Waals surface area (Å²) in [6.07, 6.45) is -0.464. The summed E-state index contributed by atoms with van der Waals surface area (Å²) in [5.41, 5.74) is -2.47. The van der Waals surface area contributed by atoms with Crippen molar-refractivity contribution < 1.29 is 46.5 Å². The number of alkyl halides is 3. The predicted molar refractivity (Wildman–Crippen MR) is 147 cm³/mol. The van der Waals surface area contributed by atoms with Crippen LogP contribution in [0.15, 0.2) is 48.6 Å². The number of carboxylic acid groups (broad SMARTS) is 2. The lowest BCUT2D eigenvalue weighted by atomic mass is 9.62. The molecule has 14 heteroatoms. The molecule has 0 aromatic heterocycles. The highest BCUT2D eigenvalue weighted by atomic mass is 35.5. The van der Waals surface area contributed by atoms with Gasteiger partial charge in [-0.25, -0.2) is 13.6 Å². The summed E-state index contributed by atoms with van der Waals surface area (Å²) in [6, 6.07) is 8.09. The van der Waals surface area contributed by atoms with E-state index in [9.17, 15) is 28.3 Å². The fourth-order valence-electron chi connectivity index (χ4n) is 5.66. The average molecular weight is 649 g/mol. The molecule has 5 atom stereocenters. The Balaban J connectivity index is 0.000000646. The maximum atomic E-state index is 15.5. The zero-order chi connectivity index (χ0) is 32.3. The Kier molecular flexibility index (Phi) is 10.5. The fourth-order valence-corrected chi connectivity index (χ4v) is 6.00. The number of nitrogens with one attached hydrogen (secondary N) is 1. The number of hydrogen-bond acceptors (Lipinski definition) is 5. The van der Waals surface area contributed by atoms with E-state index in [1.807, 2.05) is 26.0 Å². The van der Waals surface area contributed by atoms with Gasteiger partial charge in [-0.05, 0) is 42.0 Å². The van der Waals surface area contributed by atoms with Gasteiger partial charge in [0.1, 0.15) is 23.1 Å². The summed E-state index contributed by atoms with van der Waals surface area (Å²) in [5, 5.41) is 31.0. The van der Waals surface area contributed by atoms with Crippen molar-refractivity contribution in [1.82, 2.24) is 5.32 Å². The second kappa shape index (κ2) is 13.2. The number of nitriles is 1. The molecule has 0 radical (unpaired) electrons. The molecule has 0 amide bonds. The summed E-state index contributed by atoms with van der Waals surface area (Å²) in [5.74, 6) is -6.95. The summed E-state index contributed by atoms with van der Waals surface area (Å²) >= 11 is 12.1. The quantitative estimate of drug-likeness (QED) is 0.237. The van der Waals surface area contributed by atoms with Gasteiger partial charge in [-0.1, -0.05) is 67.4 Å². The van der Waals surface area contributed by atoms with Crippen molar-refractivity contribution >= 4 is 35.1 Å². The van der Waals surface area contributed by atoms with Crippen LogP contribution in [0.1, 0.15) is 43.7 Å². The molecule has 2 aromatic carbocycles. The van der Waals surface area contributed by atoms with Gasteiger partial charge in [-0.2, -0.15) is 18.4 Å². The number of hydrogen-bond donors (Lipinski definition) is 3. The fraction of sp³-hybridized carbons (Fsp3) is 0.414. The lowest BCUT2D eigenvalue weighted by Gasteiger charge is -2.41. The molecule has 2 aliphatic rings. The number of ether oxygens (including phenoxy) is 1. The molecular formula is C29H27Cl2F5N2O5. The zero-order valence-electron chi connectivity index (χ0n) is 22.8. The van der Waals surface area contributed by atoms with Crippen LogP contribution in [0.25, 0.3) is 0 Å². The van der Waals surface area contributed by atoms with Gasteiger partial charge in [0.05, 0.1) is 23.8 Å². The Hall–Kier alpha value is -3.24. The monoisotopic (exact) mass is 648 g/mol. The topological polar surface area (TPSA) is 120 Å². The van der Waals surface area contributed by atoms with E-state index in [0.29, 0.717) is 13.0 Å². The summed E-state index contributed by atoms with van der Waals surface area (Å²) in [4.78, 5) is 21.4. The van der Waals surface area contributed by atoms with Gasteiger partial charge in [-0.3, -0.25) is 10.1 Å². The molecule has 43 heavy (non-hydrogen) atoms. The first kappa shape index (κ1) is 34.3. The Morgan fingerprint density at radius 3 is 2.30 bits per heavy atom. The third-order valence-corrected chi connectivity index (χ3v) is 8.18. The zero-order valence-corrected chi connectivity index (χ0v) is 24.3. The van der Waals surface area contributed by atoms with Gasteiger partial charge in [0, 0.05) is 22.5 Å². The van der Waals surface area contributed by atoms with E-state index in [1.165, 1.54) is 30.3 Å². The average Bonchev–Trinajstić information content (AvgIpc) is 3.24. The van der Waals surface area contributed by atoms with Crippen LogP contribution in [0.2, 0.25) is 10.0 Å². The minimum atomic E-state index is -5.08. The van der Waals surface area contributed by atoms with Gasteiger partial charge in [0.2, 0.25) is 0 Å². The van der Waals surface area contributed by atoms with Crippen LogP contribution in [0.5, 0.6) is 0 Å². The molecule has 2 aliphatic heterocycles. The van der Waals surface area contributed by atoms with Crippen LogP contribution in [-0.4, -0.2) is 53.1 Å². The van der Waals surface area contributed by atoms with Gasteiger partial charge in [-0.15, -0.1) is 0 Å². The first-order valence-electron chi connectivity index (χ1n) is 12.8. The summed E-state index contributed by atoms with van der Waals surface area (Å²) < 4.78 is 68.6. The van der Waals surface area contributed by atoms with Crippen LogP contribution < -0.4 is 5.32 Å². The third-order valence-electron chi connectivity index (χ3n) is 7.65. The highest BCUT2D eigenvalue weighted by Crippen LogP contribution is 2.53. The van der Waals surface area contributed by atoms with Crippen LogP contribution in [0, 0.1) is 28.4 Å². The van der Waals surface area contributed by atoms with Crippen molar-refractivity contribution in [3.8, 4) is 6.07 Å². The number of rotatable bonds is 6. The van der Waals surface area contributed by atoms with E-state index in [-0.39, 0.29) is 33.7 Å². The van der Waals surface area contributed by atoms with E-state index in [0.717, 1.165) is 6.07 Å². The van der Waals surface area contributed by atoms with Crippen molar-refractivity contribution in [3.63, 3.8) is 0 Å². The van der Waals surface area contributed by atoms with E-state index < -0.39 is 58.6 Å². The van der Waals surface area contributed by atoms with Crippen LogP contribution in [0.4, 0.5) is 22.0 Å². The number of aliphatic carboxylic acids is 2. The van der Waals surface area contributed by atoms with E-state index in [4.69, 9.17) is 37.8 Å². The number of carbonyl (C=O) groups is 2. The highest BCUT2D eigenvalue weighted by molar-refractivity contribution is 6.31. The Morgan fingerprint density at radius 1 is 1.14 bits per heavy atom. The normalized spacial score (nSPS) is 25.4. The molecule has 0 aliphatic carbocycles. The maximum absolute atomic E-state index is 15.5. The Bertz CT molecular complexity index is 1450. The molecule has 5 unspecified atom stereocenters. The minimum Gasteiger partial charge on any atom is -0.480 e. The number of carboxylic acids is 2. The molecule has 1 saturated heterocycles. The lowest BCUT2D eigenvalue weighted by Crippen LogP contribution is -2.48. The number of halogens is 7. The minimum absolute atomic E-state index is 0.0553. The standard InChI is InChI=1S/C27H26Cl2F2N2O3.C2HF3O2/c1-26(2,21-8-3-4-11-36-21)13-20-27(14-32,17-10-9-15(28)12-19(17)30)22(24(33-20)25(34)35)16-6-5-7-18(29)23(16)31;3-2(4,5)1(6)7/h3-7,9-10,12,20-22,24,33H,8,11,13H2,1-2H3,(H,34,35);(H,6,7). The van der Waals surface area contributed by atoms with E-state index in [1.54, 1.807) is 0 Å². The molecule has 2 aromatic rings. The van der Waals surface area contributed by atoms with Crippen molar-refractivity contribution in [2.45, 2.75) is 62.4 Å². The van der Waals surface area contributed by atoms with Gasteiger partial charge >= 0.3 is 18.1 Å². The second-order valence-electron chi connectivity index (χ2n) is 10.8. The van der Waals surface area contributed by atoms with Crippen molar-refractivity contribution in [3.05, 3.63) is 81.4 Å². The molecule has 3 N–H and O–H groups in total. The second-order valence-corrected chi connectivity index (χ2v) is 11.6. The molecule has 1 fully saturated rings. The van der Waals surface area contributed by atoms with Crippen molar-refractivity contribution in [2.75, 3.05) is 6.61 Å². The molecule has 0 saturated carbocycles. The van der Waals surface area contributed by atoms with Crippen molar-refractivity contribution in [1.29, 1.82) is 5.26 Å². The summed E-state index contributed by atoms with van der Waals surface area (Å²) in [6.45, 7) is 4.36. The highest BCUT2D eigenvalue weighted by Gasteiger charge is 2.62. The molecule has 0 spiro atoms. The van der Waals surface area contributed by atoms with E-state index in [2.05, 4.69) is 11.4 Å². The Morgan fingerprint density at radius 2 is 1.79 bits per heavy atom. The summed E-state index contributed by atoms with van der Waals surface area (Å²) in [7, 11) is 0. The van der Waals surface area contributed by atoms with E-state index >= 15 is 8.78 Å². The molecule has 4 rings (SSSR count). The molecular weight excluding hydrogens is 622 g/mol. The van der Waals surface area contributed by atoms with Gasteiger partial charge in [0.25, 0.3) is 0 Å². The molecule has 2 heterocycles. The van der Waals surface area contributed by atoms with Crippen LogP contribution in [-0.2, 0) is 19.7 Å². The van der Waals surface area contributed by atoms with Crippen LogP contribution in [0.3, 0.4) is 0 Å². The first-order valence-corrected chi connectivity index (χ1v) is 13.6. The Labute approximate surface area is 253 Å². The maximum Gasteiger partial charge on any atom is 0.490 e. The SMILES string of the molecule is CC(C)(CC1NC(C(=O)O)C(c2cccc(Cl)c2F)C1(C#N)c1ccc(Cl)cc1F)C1CC=CCO1.O=C(O)C(F)(F)F. The molecule has 7 nitrogen and oxygen atoms in total. The van der Waals surface area contributed by atoms with Crippen LogP contribution >= 0.6 is 23.2 Å². The van der Waals surface area contributed by atoms with Gasteiger partial charge in [0.15, 0.2) is 0 Å². The largest absolute Gasteiger partial charge is 0.490 e. The van der Waals surface area contributed by atoms with Gasteiger partial charge < -0.3 is 14.9 Å². The lowest BCUT2D eigenvalue weighted by molar-refractivity contribution is -0.192. The smallest absolute Gasteiger partial charge is 0.480 e. The van der Waals surface area contributed by atoms with Crippen molar-refractivity contribution in [2.24, 2.45) is 5.41 Å².